The monoisotopic (exact) mass is 487 g/mol. The summed E-state index contributed by atoms with van der Waals surface area (Å²) in [6.45, 7) is 0.835. The Kier molecular flexibility index (Phi) is 5.99. The van der Waals surface area contributed by atoms with Crippen LogP contribution >= 0.6 is 15.9 Å². The van der Waals surface area contributed by atoms with Gasteiger partial charge in [-0.25, -0.2) is 9.37 Å². The minimum Gasteiger partial charge on any atom is -0.486 e. The van der Waals surface area contributed by atoms with Gasteiger partial charge in [-0.3, -0.25) is 20.4 Å². The minimum atomic E-state index is -0.646. The number of hydrazine groups is 1. The summed E-state index contributed by atoms with van der Waals surface area (Å²) >= 11 is 3.20. The lowest BCUT2D eigenvalue weighted by Gasteiger charge is -2.18. The first-order valence-corrected chi connectivity index (χ1v) is 9.89. The molecule has 0 saturated carbocycles. The van der Waals surface area contributed by atoms with E-state index in [1.54, 1.807) is 18.2 Å². The first-order chi connectivity index (χ1) is 15.0. The van der Waals surface area contributed by atoms with E-state index in [0.29, 0.717) is 29.2 Å². The summed E-state index contributed by atoms with van der Waals surface area (Å²) < 4.78 is 30.2. The third-order valence-electron chi connectivity index (χ3n) is 4.21. The Morgan fingerprint density at radius 2 is 1.77 bits per heavy atom. The zero-order chi connectivity index (χ0) is 21.8. The Hall–Kier alpha value is -3.66. The molecule has 4 rings (SSSR count). The molecule has 0 radical (unpaired) electrons. The van der Waals surface area contributed by atoms with E-state index in [1.165, 1.54) is 36.5 Å². The van der Waals surface area contributed by atoms with Gasteiger partial charge in [0.1, 0.15) is 30.3 Å². The second kappa shape index (κ2) is 9.00. The van der Waals surface area contributed by atoms with Gasteiger partial charge < -0.3 is 14.2 Å². The van der Waals surface area contributed by atoms with Gasteiger partial charge in [0.15, 0.2) is 11.5 Å². The summed E-state index contributed by atoms with van der Waals surface area (Å²) in [5.74, 6) is -0.366. The maximum absolute atomic E-state index is 13.3. The number of pyridine rings is 1. The molecule has 0 atom stereocenters. The van der Waals surface area contributed by atoms with Crippen molar-refractivity contribution in [2.75, 3.05) is 13.2 Å². The standard InChI is InChI=1S/C21H15BrFN3O5/c22-15-11-13(23)4-6-16(15)31-21-14(2-1-7-24-21)20(28)26-25-19(27)12-3-5-17-18(10-12)30-9-8-29-17/h1-7,10-11H,8-9H2,(H,25,27)(H,26,28). The summed E-state index contributed by atoms with van der Waals surface area (Å²) in [6.07, 6.45) is 1.44. The van der Waals surface area contributed by atoms with Crippen LogP contribution in [0.5, 0.6) is 23.1 Å². The lowest BCUT2D eigenvalue weighted by atomic mass is 10.2. The van der Waals surface area contributed by atoms with Crippen molar-refractivity contribution in [1.29, 1.82) is 0 Å². The van der Waals surface area contributed by atoms with Crippen LogP contribution in [0.25, 0.3) is 0 Å². The fourth-order valence-corrected chi connectivity index (χ4v) is 3.18. The van der Waals surface area contributed by atoms with Gasteiger partial charge in [-0.2, -0.15) is 0 Å². The van der Waals surface area contributed by atoms with Crippen molar-refractivity contribution in [2.45, 2.75) is 0 Å². The molecule has 158 valence electrons. The number of ether oxygens (including phenoxy) is 3. The summed E-state index contributed by atoms with van der Waals surface area (Å²) in [5.41, 5.74) is 5.01. The Balaban J connectivity index is 1.45. The average Bonchev–Trinajstić information content (AvgIpc) is 2.79. The third kappa shape index (κ3) is 4.75. The molecule has 1 aromatic heterocycles. The fraction of sp³-hybridized carbons (Fsp3) is 0.0952. The minimum absolute atomic E-state index is 0.0131. The normalized spacial score (nSPS) is 12.1. The summed E-state index contributed by atoms with van der Waals surface area (Å²) in [7, 11) is 0. The molecule has 0 unspecified atom stereocenters. The summed E-state index contributed by atoms with van der Waals surface area (Å²) in [4.78, 5) is 29.1. The highest BCUT2D eigenvalue weighted by molar-refractivity contribution is 9.10. The Morgan fingerprint density at radius 3 is 2.58 bits per heavy atom. The quantitative estimate of drug-likeness (QED) is 0.545. The predicted molar refractivity (Wildman–Crippen MR) is 111 cm³/mol. The molecule has 0 bridgehead atoms. The van der Waals surface area contributed by atoms with Crippen LogP contribution in [0.4, 0.5) is 4.39 Å². The zero-order valence-electron chi connectivity index (χ0n) is 15.9. The van der Waals surface area contributed by atoms with E-state index in [2.05, 4.69) is 31.8 Å². The maximum atomic E-state index is 13.3. The predicted octanol–water partition coefficient (Wildman–Crippen LogP) is 3.62. The van der Waals surface area contributed by atoms with E-state index in [4.69, 9.17) is 14.2 Å². The Bertz CT molecular complexity index is 1160. The lowest BCUT2D eigenvalue weighted by Crippen LogP contribution is -2.41. The number of halogens is 2. The molecule has 0 spiro atoms. The number of rotatable bonds is 4. The number of carbonyl (C=O) groups is 2. The molecule has 2 heterocycles. The molecule has 8 nitrogen and oxygen atoms in total. The van der Waals surface area contributed by atoms with E-state index in [-0.39, 0.29) is 22.8 Å². The van der Waals surface area contributed by atoms with Gasteiger partial charge in [0, 0.05) is 11.8 Å². The van der Waals surface area contributed by atoms with Crippen molar-refractivity contribution in [3.8, 4) is 23.1 Å². The smallest absolute Gasteiger partial charge is 0.275 e. The van der Waals surface area contributed by atoms with Crippen LogP contribution in [-0.2, 0) is 0 Å². The molecule has 2 aromatic carbocycles. The van der Waals surface area contributed by atoms with E-state index in [0.717, 1.165) is 0 Å². The topological polar surface area (TPSA) is 98.8 Å². The van der Waals surface area contributed by atoms with Crippen molar-refractivity contribution in [3.63, 3.8) is 0 Å². The number of aromatic nitrogens is 1. The number of amides is 2. The molecule has 0 saturated heterocycles. The number of hydrogen-bond acceptors (Lipinski definition) is 6. The van der Waals surface area contributed by atoms with Gasteiger partial charge >= 0.3 is 0 Å². The van der Waals surface area contributed by atoms with Gasteiger partial charge in [0.05, 0.1) is 4.47 Å². The maximum Gasteiger partial charge on any atom is 0.275 e. The van der Waals surface area contributed by atoms with Crippen LogP contribution in [0.3, 0.4) is 0 Å². The largest absolute Gasteiger partial charge is 0.486 e. The molecule has 0 fully saturated rings. The van der Waals surface area contributed by atoms with E-state index >= 15 is 0 Å². The van der Waals surface area contributed by atoms with E-state index in [1.807, 2.05) is 0 Å². The van der Waals surface area contributed by atoms with Crippen molar-refractivity contribution < 1.29 is 28.2 Å². The average molecular weight is 488 g/mol. The van der Waals surface area contributed by atoms with Gasteiger partial charge in [-0.1, -0.05) is 0 Å². The number of nitrogens with zero attached hydrogens (tertiary/aromatic N) is 1. The second-order valence-corrected chi connectivity index (χ2v) is 7.15. The Labute approximate surface area is 184 Å². The van der Waals surface area contributed by atoms with Gasteiger partial charge in [-0.15, -0.1) is 0 Å². The van der Waals surface area contributed by atoms with Crippen molar-refractivity contribution in [1.82, 2.24) is 15.8 Å². The van der Waals surface area contributed by atoms with Crippen LogP contribution in [-0.4, -0.2) is 30.0 Å². The van der Waals surface area contributed by atoms with Crippen LogP contribution in [0.1, 0.15) is 20.7 Å². The van der Waals surface area contributed by atoms with Crippen LogP contribution in [0, 0.1) is 5.82 Å². The molecular formula is C21H15BrFN3O5. The molecule has 10 heteroatoms. The lowest BCUT2D eigenvalue weighted by molar-refractivity contribution is 0.0844. The number of hydrogen-bond donors (Lipinski definition) is 2. The number of carbonyl (C=O) groups excluding carboxylic acids is 2. The highest BCUT2D eigenvalue weighted by Crippen LogP contribution is 2.31. The second-order valence-electron chi connectivity index (χ2n) is 6.30. The molecule has 1 aliphatic heterocycles. The van der Waals surface area contributed by atoms with Crippen LogP contribution < -0.4 is 25.1 Å². The first kappa shape index (κ1) is 20.6. The molecular weight excluding hydrogens is 473 g/mol. The zero-order valence-corrected chi connectivity index (χ0v) is 17.4. The highest BCUT2D eigenvalue weighted by Gasteiger charge is 2.18. The van der Waals surface area contributed by atoms with E-state index < -0.39 is 17.6 Å². The molecule has 2 amide bonds. The highest BCUT2D eigenvalue weighted by atomic mass is 79.9. The molecule has 2 N–H and O–H groups in total. The number of benzene rings is 2. The van der Waals surface area contributed by atoms with Crippen LogP contribution in [0.15, 0.2) is 59.2 Å². The Morgan fingerprint density at radius 1 is 1.00 bits per heavy atom. The summed E-state index contributed by atoms with van der Waals surface area (Å²) in [5, 5.41) is 0. The third-order valence-corrected chi connectivity index (χ3v) is 4.83. The SMILES string of the molecule is O=C(NNC(=O)c1cccnc1Oc1ccc(F)cc1Br)c1ccc2c(c1)OCCO2. The number of fused-ring (bicyclic) bond motifs is 1. The van der Waals surface area contributed by atoms with Crippen molar-refractivity contribution in [3.05, 3.63) is 76.1 Å². The van der Waals surface area contributed by atoms with E-state index in [9.17, 15) is 14.0 Å². The summed E-state index contributed by atoms with van der Waals surface area (Å²) in [6, 6.07) is 11.6. The van der Waals surface area contributed by atoms with Crippen molar-refractivity contribution in [2.24, 2.45) is 0 Å². The molecule has 0 aliphatic carbocycles. The van der Waals surface area contributed by atoms with Crippen LogP contribution in [0.2, 0.25) is 0 Å². The van der Waals surface area contributed by atoms with Crippen molar-refractivity contribution >= 4 is 27.7 Å². The molecule has 3 aromatic rings. The van der Waals surface area contributed by atoms with Gasteiger partial charge in [0.25, 0.3) is 11.8 Å². The molecule has 31 heavy (non-hydrogen) atoms. The van der Waals surface area contributed by atoms with Gasteiger partial charge in [-0.05, 0) is 64.5 Å². The first-order valence-electron chi connectivity index (χ1n) is 9.09. The fourth-order valence-electron chi connectivity index (χ4n) is 2.74. The number of nitrogens with one attached hydrogen (secondary N) is 2. The molecule has 1 aliphatic rings. The van der Waals surface area contributed by atoms with Gasteiger partial charge in [0.2, 0.25) is 5.88 Å².